The van der Waals surface area contributed by atoms with Gasteiger partial charge in [-0.3, -0.25) is 9.59 Å². The molecule has 0 unspecified atom stereocenters. The highest BCUT2D eigenvalue weighted by molar-refractivity contribution is 6.33. The number of hydrogen-bond donors (Lipinski definition) is 5. The van der Waals surface area contributed by atoms with Gasteiger partial charge in [0.1, 0.15) is 17.5 Å². The Kier molecular flexibility index (Phi) is 7.78. The van der Waals surface area contributed by atoms with E-state index in [1.165, 1.54) is 36.4 Å². The van der Waals surface area contributed by atoms with Gasteiger partial charge in [-0.25, -0.2) is 4.79 Å². The molecule has 0 aromatic heterocycles. The van der Waals surface area contributed by atoms with Crippen LogP contribution in [0.1, 0.15) is 11.1 Å². The topological polar surface area (TPSA) is 158 Å². The Labute approximate surface area is 149 Å². The summed E-state index contributed by atoms with van der Waals surface area (Å²) < 4.78 is 0. The van der Waals surface area contributed by atoms with E-state index < -0.39 is 23.8 Å². The minimum atomic E-state index is -1.44. The van der Waals surface area contributed by atoms with Crippen LogP contribution in [0.2, 0.25) is 0 Å². The third kappa shape index (κ3) is 7.45. The fourth-order valence-corrected chi connectivity index (χ4v) is 1.85. The summed E-state index contributed by atoms with van der Waals surface area (Å²) in [4.78, 5) is 31.3. The van der Waals surface area contributed by atoms with Crippen LogP contribution in [0, 0.1) is 0 Å². The van der Waals surface area contributed by atoms with E-state index in [1.807, 2.05) is 0 Å². The zero-order valence-corrected chi connectivity index (χ0v) is 13.7. The molecular formula is C18H19NO7. The number of phenols is 2. The summed E-state index contributed by atoms with van der Waals surface area (Å²) in [7, 11) is 0. The quantitative estimate of drug-likeness (QED) is 0.475. The van der Waals surface area contributed by atoms with Crippen LogP contribution in [0.25, 0.3) is 0 Å². The maximum absolute atomic E-state index is 10.7. The van der Waals surface area contributed by atoms with Crippen LogP contribution in [-0.2, 0) is 27.2 Å². The number of ketones is 1. The fraction of sp³-hybridized carbons (Fsp3) is 0.167. The van der Waals surface area contributed by atoms with Crippen LogP contribution in [-0.4, -0.2) is 44.2 Å². The highest BCUT2D eigenvalue weighted by atomic mass is 16.4. The van der Waals surface area contributed by atoms with Gasteiger partial charge in [-0.2, -0.15) is 0 Å². The van der Waals surface area contributed by atoms with Crippen molar-refractivity contribution in [3.05, 3.63) is 59.7 Å². The number of carboxylic acid groups (broad SMARTS) is 2. The van der Waals surface area contributed by atoms with Gasteiger partial charge in [0, 0.05) is 6.42 Å². The van der Waals surface area contributed by atoms with Gasteiger partial charge in [0.15, 0.2) is 0 Å². The minimum Gasteiger partial charge on any atom is -0.508 e. The molecule has 0 saturated carbocycles. The number of carboxylic acids is 2. The number of aliphatic carboxylic acids is 2. The largest absolute Gasteiger partial charge is 0.508 e. The first-order valence-corrected chi connectivity index (χ1v) is 7.49. The molecule has 0 spiro atoms. The van der Waals surface area contributed by atoms with E-state index in [-0.39, 0.29) is 24.3 Å². The van der Waals surface area contributed by atoms with Crippen LogP contribution in [0.15, 0.2) is 48.5 Å². The third-order valence-corrected chi connectivity index (χ3v) is 3.25. The van der Waals surface area contributed by atoms with Crippen LogP contribution in [0.4, 0.5) is 0 Å². The smallest absolute Gasteiger partial charge is 0.372 e. The summed E-state index contributed by atoms with van der Waals surface area (Å²) in [5.74, 6) is -3.06. The first-order valence-electron chi connectivity index (χ1n) is 7.49. The van der Waals surface area contributed by atoms with Crippen LogP contribution >= 0.6 is 0 Å². The summed E-state index contributed by atoms with van der Waals surface area (Å²) in [5, 5.41) is 34.7. The maximum Gasteiger partial charge on any atom is 0.372 e. The van der Waals surface area contributed by atoms with Crippen molar-refractivity contribution < 1.29 is 34.8 Å². The van der Waals surface area contributed by atoms with Gasteiger partial charge in [-0.1, -0.05) is 24.3 Å². The van der Waals surface area contributed by atoms with Crippen molar-refractivity contribution in [2.45, 2.75) is 18.9 Å². The molecule has 0 aliphatic rings. The number of phenolic OH excluding ortho intramolecular Hbond substituents is 2. The number of aromatic hydroxyl groups is 2. The Hall–Kier alpha value is -3.39. The molecule has 6 N–H and O–H groups in total. The molecule has 1 atom stereocenters. The van der Waals surface area contributed by atoms with Gasteiger partial charge < -0.3 is 26.2 Å². The number of hydrogen-bond acceptors (Lipinski definition) is 6. The fourth-order valence-electron chi connectivity index (χ4n) is 1.85. The predicted octanol–water partition coefficient (Wildman–Crippen LogP) is 0.935. The van der Waals surface area contributed by atoms with Crippen molar-refractivity contribution in [2.24, 2.45) is 5.73 Å². The predicted molar refractivity (Wildman–Crippen MR) is 91.9 cm³/mol. The lowest BCUT2D eigenvalue weighted by atomic mass is 10.1. The zero-order valence-electron chi connectivity index (χ0n) is 13.7. The molecule has 2 aromatic carbocycles. The molecule has 2 aromatic rings. The number of carbonyl (C=O) groups excluding carboxylic acids is 1. The second-order valence-electron chi connectivity index (χ2n) is 5.39. The molecule has 26 heavy (non-hydrogen) atoms. The Bertz CT molecular complexity index is 754. The summed E-state index contributed by atoms with van der Waals surface area (Å²) in [5.41, 5.74) is 6.70. The number of benzene rings is 2. The highest BCUT2D eigenvalue weighted by Crippen LogP contribution is 2.11. The van der Waals surface area contributed by atoms with E-state index >= 15 is 0 Å². The summed E-state index contributed by atoms with van der Waals surface area (Å²) in [6.45, 7) is 0. The molecule has 138 valence electrons. The molecule has 2 rings (SSSR count). The molecule has 0 fully saturated rings. The minimum absolute atomic E-state index is 0.0894. The molecule has 0 aliphatic heterocycles. The number of nitrogens with two attached hydrogens (primary N) is 1. The Morgan fingerprint density at radius 1 is 0.808 bits per heavy atom. The molecule has 8 heteroatoms. The Morgan fingerprint density at radius 2 is 1.23 bits per heavy atom. The van der Waals surface area contributed by atoms with E-state index in [2.05, 4.69) is 0 Å². The molecule has 0 aliphatic carbocycles. The standard InChI is InChI=1S/C9H11NO3.C9H8O4/c10-8(9(12)13)5-6-1-3-7(11)4-2-6;10-7-3-1-6(2-4-7)5-8(11)9(12)13/h1-4,8,11H,5,10H2,(H,12,13);1-4,10H,5H2,(H,12,13)/t8-;/m1./s1. The van der Waals surface area contributed by atoms with Crippen LogP contribution < -0.4 is 5.73 Å². The molecule has 0 amide bonds. The average molecular weight is 361 g/mol. The van der Waals surface area contributed by atoms with Crippen molar-refractivity contribution in [3.8, 4) is 11.5 Å². The van der Waals surface area contributed by atoms with Gasteiger partial charge in [-0.05, 0) is 41.8 Å². The monoisotopic (exact) mass is 361 g/mol. The lowest BCUT2D eigenvalue weighted by molar-refractivity contribution is -0.148. The van der Waals surface area contributed by atoms with Crippen molar-refractivity contribution in [2.75, 3.05) is 0 Å². The normalized spacial score (nSPS) is 11.0. The first kappa shape index (κ1) is 20.7. The van der Waals surface area contributed by atoms with Crippen molar-refractivity contribution >= 4 is 17.7 Å². The van der Waals surface area contributed by atoms with Crippen molar-refractivity contribution in [3.63, 3.8) is 0 Å². The molecule has 0 radical (unpaired) electrons. The van der Waals surface area contributed by atoms with Crippen molar-refractivity contribution in [1.82, 2.24) is 0 Å². The third-order valence-electron chi connectivity index (χ3n) is 3.25. The van der Waals surface area contributed by atoms with Crippen LogP contribution in [0.5, 0.6) is 11.5 Å². The van der Waals surface area contributed by atoms with Gasteiger partial charge in [0.2, 0.25) is 5.78 Å². The molecule has 0 saturated heterocycles. The number of Topliss-reactive ketones (excluding diaryl/α,β-unsaturated/α-hetero) is 1. The van der Waals surface area contributed by atoms with Gasteiger partial charge >= 0.3 is 11.9 Å². The highest BCUT2D eigenvalue weighted by Gasteiger charge is 2.12. The molecule has 0 heterocycles. The average Bonchev–Trinajstić information content (AvgIpc) is 2.59. The number of carbonyl (C=O) groups is 3. The molecular weight excluding hydrogens is 342 g/mol. The van der Waals surface area contributed by atoms with E-state index in [9.17, 15) is 14.4 Å². The van der Waals surface area contributed by atoms with Gasteiger partial charge in [0.25, 0.3) is 0 Å². The maximum atomic E-state index is 10.7. The van der Waals surface area contributed by atoms with Gasteiger partial charge in [-0.15, -0.1) is 0 Å². The summed E-state index contributed by atoms with van der Waals surface area (Å²) in [6.07, 6.45) is 0.130. The number of rotatable bonds is 6. The van der Waals surface area contributed by atoms with Crippen LogP contribution in [0.3, 0.4) is 0 Å². The lowest BCUT2D eigenvalue weighted by Crippen LogP contribution is -2.32. The Balaban J connectivity index is 0.000000260. The summed E-state index contributed by atoms with van der Waals surface area (Å²) in [6, 6.07) is 11.3. The summed E-state index contributed by atoms with van der Waals surface area (Å²) >= 11 is 0. The molecule has 0 bridgehead atoms. The Morgan fingerprint density at radius 3 is 1.62 bits per heavy atom. The van der Waals surface area contributed by atoms with Crippen molar-refractivity contribution in [1.29, 1.82) is 0 Å². The zero-order chi connectivity index (χ0) is 19.7. The van der Waals surface area contributed by atoms with E-state index in [4.69, 9.17) is 26.2 Å². The van der Waals surface area contributed by atoms with Gasteiger partial charge in [0.05, 0.1) is 0 Å². The second-order valence-corrected chi connectivity index (χ2v) is 5.39. The van der Waals surface area contributed by atoms with E-state index in [0.29, 0.717) is 5.56 Å². The lowest BCUT2D eigenvalue weighted by Gasteiger charge is -2.05. The molecule has 8 nitrogen and oxygen atoms in total. The van der Waals surface area contributed by atoms with E-state index in [0.717, 1.165) is 5.56 Å². The first-order chi connectivity index (χ1) is 12.2. The van der Waals surface area contributed by atoms with E-state index in [1.54, 1.807) is 12.1 Å². The SMILES string of the molecule is N[C@H](Cc1ccc(O)cc1)C(=O)O.O=C(O)C(=O)Cc1ccc(O)cc1. The second kappa shape index (κ2) is 9.80.